The fourth-order valence-corrected chi connectivity index (χ4v) is 3.30. The quantitative estimate of drug-likeness (QED) is 0.645. The van der Waals surface area contributed by atoms with E-state index in [2.05, 4.69) is 5.32 Å². The van der Waals surface area contributed by atoms with Crippen molar-refractivity contribution < 1.29 is 35.9 Å². The van der Waals surface area contributed by atoms with Gasteiger partial charge >= 0.3 is 12.1 Å². The Labute approximate surface area is 159 Å². The number of halogens is 4. The Morgan fingerprint density at radius 3 is 2.33 bits per heavy atom. The van der Waals surface area contributed by atoms with Gasteiger partial charge in [0.15, 0.2) is 6.10 Å². The molecule has 0 aliphatic rings. The predicted octanol–water partition coefficient (Wildman–Crippen LogP) is 2.09. The van der Waals surface area contributed by atoms with Gasteiger partial charge in [-0.3, -0.25) is 9.59 Å². The lowest BCUT2D eigenvalue weighted by atomic mass is 10.2. The van der Waals surface area contributed by atoms with Gasteiger partial charge in [0.05, 0.1) is 10.6 Å². The lowest BCUT2D eigenvalue weighted by molar-refractivity contribution is -0.153. The number of sulfonamides is 1. The zero-order chi connectivity index (χ0) is 21.0. The molecule has 0 aromatic heterocycles. The van der Waals surface area contributed by atoms with Crippen molar-refractivity contribution in [3.05, 3.63) is 28.8 Å². The van der Waals surface area contributed by atoms with Crippen molar-refractivity contribution in [2.75, 3.05) is 6.54 Å². The molecule has 152 valence electrons. The molecule has 27 heavy (non-hydrogen) atoms. The molecule has 0 bridgehead atoms. The zero-order valence-corrected chi connectivity index (χ0v) is 16.1. The molecule has 0 fully saturated rings. The van der Waals surface area contributed by atoms with Crippen LogP contribution in [0, 0.1) is 0 Å². The molecular weight excluding hydrogens is 413 g/mol. The van der Waals surface area contributed by atoms with Gasteiger partial charge in [-0.05, 0) is 39.0 Å². The van der Waals surface area contributed by atoms with E-state index in [0.29, 0.717) is 12.1 Å². The molecule has 2 N–H and O–H groups in total. The van der Waals surface area contributed by atoms with Crippen molar-refractivity contribution in [1.82, 2.24) is 10.0 Å². The van der Waals surface area contributed by atoms with Crippen LogP contribution in [0.3, 0.4) is 0 Å². The molecule has 1 atom stereocenters. The number of hydrogen-bond acceptors (Lipinski definition) is 5. The minimum absolute atomic E-state index is 0.194. The number of alkyl halides is 3. The first-order chi connectivity index (χ1) is 12.2. The molecule has 0 saturated heterocycles. The van der Waals surface area contributed by atoms with Crippen LogP contribution in [0.4, 0.5) is 13.2 Å². The van der Waals surface area contributed by atoms with E-state index < -0.39 is 56.2 Å². The summed E-state index contributed by atoms with van der Waals surface area (Å²) in [5.74, 6) is -1.67. The molecule has 1 unspecified atom stereocenters. The molecule has 0 saturated carbocycles. The van der Waals surface area contributed by atoms with Crippen LogP contribution in [0.2, 0.25) is 5.02 Å². The zero-order valence-electron chi connectivity index (χ0n) is 14.6. The Balaban J connectivity index is 2.82. The van der Waals surface area contributed by atoms with E-state index in [-0.39, 0.29) is 6.04 Å². The average Bonchev–Trinajstić information content (AvgIpc) is 2.51. The average molecular weight is 431 g/mol. The predicted molar refractivity (Wildman–Crippen MR) is 90.5 cm³/mol. The van der Waals surface area contributed by atoms with Crippen LogP contribution in [0.1, 0.15) is 26.3 Å². The van der Waals surface area contributed by atoms with E-state index >= 15 is 0 Å². The minimum Gasteiger partial charge on any atom is -0.452 e. The summed E-state index contributed by atoms with van der Waals surface area (Å²) in [6.45, 7) is 3.78. The number of hydrogen-bond donors (Lipinski definition) is 2. The topological polar surface area (TPSA) is 102 Å². The van der Waals surface area contributed by atoms with E-state index in [1.807, 2.05) is 0 Å². The summed E-state index contributed by atoms with van der Waals surface area (Å²) in [4.78, 5) is 22.5. The van der Waals surface area contributed by atoms with E-state index in [4.69, 9.17) is 16.3 Å². The third-order valence-corrected chi connectivity index (χ3v) is 4.95. The van der Waals surface area contributed by atoms with E-state index in [1.165, 1.54) is 6.92 Å². The van der Waals surface area contributed by atoms with Crippen LogP contribution < -0.4 is 10.0 Å². The second-order valence-corrected chi connectivity index (χ2v) is 7.91. The van der Waals surface area contributed by atoms with Gasteiger partial charge in [-0.15, -0.1) is 0 Å². The second kappa shape index (κ2) is 8.89. The molecule has 12 heteroatoms. The van der Waals surface area contributed by atoms with Gasteiger partial charge in [-0.25, -0.2) is 8.42 Å². The molecule has 7 nitrogen and oxygen atoms in total. The van der Waals surface area contributed by atoms with Crippen LogP contribution in [-0.2, 0) is 30.5 Å². The molecule has 1 amide bonds. The number of nitrogens with one attached hydrogen (secondary N) is 2. The highest BCUT2D eigenvalue weighted by atomic mass is 35.5. The number of benzene rings is 1. The van der Waals surface area contributed by atoms with E-state index in [9.17, 15) is 31.2 Å². The summed E-state index contributed by atoms with van der Waals surface area (Å²) < 4.78 is 69.1. The van der Waals surface area contributed by atoms with Crippen molar-refractivity contribution in [1.29, 1.82) is 0 Å². The Hall–Kier alpha value is -1.85. The van der Waals surface area contributed by atoms with Gasteiger partial charge in [0.2, 0.25) is 10.0 Å². The number of rotatable bonds is 7. The highest BCUT2D eigenvalue weighted by Gasteiger charge is 2.33. The number of carbonyl (C=O) groups is 2. The maximum atomic E-state index is 12.7. The molecule has 1 rings (SSSR count). The highest BCUT2D eigenvalue weighted by molar-refractivity contribution is 7.89. The number of esters is 1. The molecule has 0 aliphatic heterocycles. The molecule has 1 aromatic carbocycles. The van der Waals surface area contributed by atoms with Crippen molar-refractivity contribution in [3.8, 4) is 0 Å². The first kappa shape index (κ1) is 23.2. The number of ether oxygens (including phenoxy) is 1. The van der Waals surface area contributed by atoms with Crippen LogP contribution in [0.5, 0.6) is 0 Å². The molecule has 0 spiro atoms. The fraction of sp³-hybridized carbons (Fsp3) is 0.467. The van der Waals surface area contributed by atoms with Crippen molar-refractivity contribution in [3.63, 3.8) is 0 Å². The summed E-state index contributed by atoms with van der Waals surface area (Å²) >= 11 is 5.66. The largest absolute Gasteiger partial charge is 0.452 e. The molecule has 0 aliphatic carbocycles. The second-order valence-electron chi connectivity index (χ2n) is 5.76. The standard InChI is InChI=1S/C15H18ClF3N2O5S/c1-8(2)21-14(23)9(3)26-13(22)7-20-27(24,25)12-6-10(15(17,18)19)4-5-11(12)16/h4-6,8-9,20H,7H2,1-3H3,(H,21,23). The van der Waals surface area contributed by atoms with Crippen LogP contribution in [0.15, 0.2) is 23.1 Å². The smallest absolute Gasteiger partial charge is 0.416 e. The Bertz CT molecular complexity index is 812. The third-order valence-electron chi connectivity index (χ3n) is 3.06. The molecule has 1 aromatic rings. The first-order valence-electron chi connectivity index (χ1n) is 7.60. The highest BCUT2D eigenvalue weighted by Crippen LogP contribution is 2.33. The summed E-state index contributed by atoms with van der Waals surface area (Å²) in [5, 5.41) is 2.04. The van der Waals surface area contributed by atoms with E-state index in [1.54, 1.807) is 18.6 Å². The minimum atomic E-state index is -4.77. The van der Waals surface area contributed by atoms with Crippen molar-refractivity contribution in [2.24, 2.45) is 0 Å². The molecule has 0 heterocycles. The van der Waals surface area contributed by atoms with Gasteiger partial charge in [-0.1, -0.05) is 11.6 Å². The van der Waals surface area contributed by atoms with Gasteiger partial charge < -0.3 is 10.1 Å². The monoisotopic (exact) mass is 430 g/mol. The lowest BCUT2D eigenvalue weighted by Crippen LogP contribution is -2.41. The van der Waals surface area contributed by atoms with Gasteiger partial charge in [0, 0.05) is 6.04 Å². The van der Waals surface area contributed by atoms with Crippen LogP contribution in [-0.4, -0.2) is 39.0 Å². The normalized spacial score (nSPS) is 13.3. The first-order valence-corrected chi connectivity index (χ1v) is 9.46. The summed E-state index contributed by atoms with van der Waals surface area (Å²) in [7, 11) is -4.53. The van der Waals surface area contributed by atoms with Crippen molar-refractivity contribution in [2.45, 2.75) is 44.0 Å². The van der Waals surface area contributed by atoms with Crippen LogP contribution >= 0.6 is 11.6 Å². The maximum absolute atomic E-state index is 12.7. The number of carbonyl (C=O) groups excluding carboxylic acids is 2. The molecular formula is C15H18ClF3N2O5S. The summed E-state index contributed by atoms with van der Waals surface area (Å²) in [5.41, 5.74) is -1.21. The van der Waals surface area contributed by atoms with Crippen LogP contribution in [0.25, 0.3) is 0 Å². The Morgan fingerprint density at radius 1 is 1.22 bits per heavy atom. The van der Waals surface area contributed by atoms with Gasteiger partial charge in [-0.2, -0.15) is 17.9 Å². The number of amides is 1. The Kier molecular flexibility index (Phi) is 7.64. The third kappa shape index (κ3) is 7.00. The Morgan fingerprint density at radius 2 is 1.81 bits per heavy atom. The van der Waals surface area contributed by atoms with E-state index in [0.717, 1.165) is 6.07 Å². The SMILES string of the molecule is CC(C)NC(=O)C(C)OC(=O)CNS(=O)(=O)c1cc(C(F)(F)F)ccc1Cl. The van der Waals surface area contributed by atoms with Gasteiger partial charge in [0.1, 0.15) is 11.4 Å². The van der Waals surface area contributed by atoms with Crippen molar-refractivity contribution >= 4 is 33.5 Å². The summed E-state index contributed by atoms with van der Waals surface area (Å²) in [6.07, 6.45) is -5.95. The summed E-state index contributed by atoms with van der Waals surface area (Å²) in [6, 6.07) is 1.58. The molecule has 0 radical (unpaired) electrons. The maximum Gasteiger partial charge on any atom is 0.416 e. The fourth-order valence-electron chi connectivity index (χ4n) is 1.81. The van der Waals surface area contributed by atoms with Gasteiger partial charge in [0.25, 0.3) is 5.91 Å². The lowest BCUT2D eigenvalue weighted by Gasteiger charge is -2.16.